The monoisotopic (exact) mass is 285 g/mol. The summed E-state index contributed by atoms with van der Waals surface area (Å²) in [4.78, 5) is 15.1. The lowest BCUT2D eigenvalue weighted by atomic mass is 10.2. The van der Waals surface area contributed by atoms with Gasteiger partial charge in [0, 0.05) is 25.2 Å². The molecule has 1 aromatic heterocycles. The van der Waals surface area contributed by atoms with Gasteiger partial charge in [-0.25, -0.2) is 4.98 Å². The number of pyridine rings is 1. The maximum Gasteiger partial charge on any atom is 0.221 e. The predicted molar refractivity (Wildman–Crippen MR) is 83.5 cm³/mol. The number of carbonyl (C=O) groups excluding carboxylic acids is 1. The SMILES string of the molecule is CCOc1ccc(NCc2ccc(NC(C)=O)cc2)cn1. The molecule has 5 heteroatoms. The van der Waals surface area contributed by atoms with Crippen LogP contribution >= 0.6 is 0 Å². The Morgan fingerprint density at radius 2 is 1.86 bits per heavy atom. The van der Waals surface area contributed by atoms with Gasteiger partial charge in [0.25, 0.3) is 0 Å². The van der Waals surface area contributed by atoms with Crippen molar-refractivity contribution in [3.8, 4) is 5.88 Å². The molecule has 2 aromatic rings. The molecular weight excluding hydrogens is 266 g/mol. The first-order chi connectivity index (χ1) is 10.2. The number of nitrogens with zero attached hydrogens (tertiary/aromatic N) is 1. The number of hydrogen-bond acceptors (Lipinski definition) is 4. The highest BCUT2D eigenvalue weighted by atomic mass is 16.5. The highest BCUT2D eigenvalue weighted by molar-refractivity contribution is 5.88. The molecule has 0 bridgehead atoms. The maximum atomic E-state index is 10.9. The van der Waals surface area contributed by atoms with Gasteiger partial charge in [-0.2, -0.15) is 0 Å². The molecule has 21 heavy (non-hydrogen) atoms. The summed E-state index contributed by atoms with van der Waals surface area (Å²) in [7, 11) is 0. The second-order valence-electron chi connectivity index (χ2n) is 4.55. The number of anilines is 2. The molecule has 0 atom stereocenters. The van der Waals surface area contributed by atoms with Crippen molar-refractivity contribution in [3.05, 3.63) is 48.2 Å². The first-order valence-corrected chi connectivity index (χ1v) is 6.86. The van der Waals surface area contributed by atoms with Crippen molar-refractivity contribution in [1.29, 1.82) is 0 Å². The molecule has 0 saturated carbocycles. The van der Waals surface area contributed by atoms with E-state index in [0.717, 1.165) is 16.9 Å². The van der Waals surface area contributed by atoms with E-state index in [1.54, 1.807) is 6.20 Å². The molecule has 0 fully saturated rings. The van der Waals surface area contributed by atoms with Crippen LogP contribution in [0.25, 0.3) is 0 Å². The van der Waals surface area contributed by atoms with Crippen LogP contribution in [0.15, 0.2) is 42.6 Å². The minimum atomic E-state index is -0.0682. The summed E-state index contributed by atoms with van der Waals surface area (Å²) in [6, 6.07) is 11.5. The zero-order valence-electron chi connectivity index (χ0n) is 12.2. The van der Waals surface area contributed by atoms with Crippen molar-refractivity contribution in [2.45, 2.75) is 20.4 Å². The van der Waals surface area contributed by atoms with E-state index in [2.05, 4.69) is 15.6 Å². The van der Waals surface area contributed by atoms with Crippen LogP contribution in [0.3, 0.4) is 0 Å². The van der Waals surface area contributed by atoms with Crippen LogP contribution < -0.4 is 15.4 Å². The van der Waals surface area contributed by atoms with Crippen LogP contribution in [0.2, 0.25) is 0 Å². The number of rotatable bonds is 6. The zero-order valence-corrected chi connectivity index (χ0v) is 12.2. The molecule has 1 aromatic carbocycles. The van der Waals surface area contributed by atoms with Crippen LogP contribution in [-0.4, -0.2) is 17.5 Å². The summed E-state index contributed by atoms with van der Waals surface area (Å²) in [5.41, 5.74) is 2.86. The van der Waals surface area contributed by atoms with E-state index in [0.29, 0.717) is 19.0 Å². The number of aromatic nitrogens is 1. The van der Waals surface area contributed by atoms with E-state index in [4.69, 9.17) is 4.74 Å². The molecule has 2 N–H and O–H groups in total. The van der Waals surface area contributed by atoms with Crippen molar-refractivity contribution in [2.24, 2.45) is 0 Å². The van der Waals surface area contributed by atoms with Crippen LogP contribution in [-0.2, 0) is 11.3 Å². The van der Waals surface area contributed by atoms with Crippen molar-refractivity contribution in [3.63, 3.8) is 0 Å². The van der Waals surface area contributed by atoms with Gasteiger partial charge in [0.15, 0.2) is 0 Å². The molecule has 2 rings (SSSR count). The molecule has 0 aliphatic carbocycles. The molecule has 1 heterocycles. The molecule has 0 aliphatic heterocycles. The lowest BCUT2D eigenvalue weighted by molar-refractivity contribution is -0.114. The highest BCUT2D eigenvalue weighted by Gasteiger charge is 1.98. The summed E-state index contributed by atoms with van der Waals surface area (Å²) in [5, 5.41) is 6.03. The number of hydrogen-bond donors (Lipinski definition) is 2. The Hall–Kier alpha value is -2.56. The standard InChI is InChI=1S/C16H19N3O2/c1-3-21-16-9-8-15(11-18-16)17-10-13-4-6-14(7-5-13)19-12(2)20/h4-9,11,17H,3,10H2,1-2H3,(H,19,20). The number of carbonyl (C=O) groups is 1. The minimum absolute atomic E-state index is 0.0682. The van der Waals surface area contributed by atoms with Gasteiger partial charge in [-0.1, -0.05) is 12.1 Å². The van der Waals surface area contributed by atoms with E-state index in [9.17, 15) is 4.79 Å². The molecule has 0 unspecified atom stereocenters. The number of benzene rings is 1. The smallest absolute Gasteiger partial charge is 0.221 e. The lowest BCUT2D eigenvalue weighted by Crippen LogP contribution is -2.06. The third kappa shape index (κ3) is 4.80. The first-order valence-electron chi connectivity index (χ1n) is 6.86. The van der Waals surface area contributed by atoms with Crippen molar-refractivity contribution >= 4 is 17.3 Å². The Balaban J connectivity index is 1.88. The van der Waals surface area contributed by atoms with E-state index in [1.807, 2.05) is 43.3 Å². The zero-order chi connectivity index (χ0) is 15.1. The summed E-state index contributed by atoms with van der Waals surface area (Å²) < 4.78 is 5.30. The second kappa shape index (κ2) is 7.28. The normalized spacial score (nSPS) is 10.0. The first kappa shape index (κ1) is 14.8. The number of nitrogens with one attached hydrogen (secondary N) is 2. The van der Waals surface area contributed by atoms with E-state index in [-0.39, 0.29) is 5.91 Å². The van der Waals surface area contributed by atoms with Crippen LogP contribution in [0.5, 0.6) is 5.88 Å². The molecule has 0 aliphatic rings. The van der Waals surface area contributed by atoms with Crippen molar-refractivity contribution in [2.75, 3.05) is 17.2 Å². The Morgan fingerprint density at radius 3 is 2.43 bits per heavy atom. The van der Waals surface area contributed by atoms with E-state index in [1.165, 1.54) is 6.92 Å². The average molecular weight is 285 g/mol. The third-order valence-corrected chi connectivity index (χ3v) is 2.80. The Labute approximate surface area is 124 Å². The topological polar surface area (TPSA) is 63.2 Å². The van der Waals surface area contributed by atoms with Crippen LogP contribution in [0.4, 0.5) is 11.4 Å². The third-order valence-electron chi connectivity index (χ3n) is 2.80. The molecule has 0 saturated heterocycles. The van der Waals surface area contributed by atoms with Gasteiger partial charge in [-0.3, -0.25) is 4.79 Å². The van der Waals surface area contributed by atoms with Gasteiger partial charge >= 0.3 is 0 Å². The Kier molecular flexibility index (Phi) is 5.15. The molecular formula is C16H19N3O2. The summed E-state index contributed by atoms with van der Waals surface area (Å²) in [5.74, 6) is 0.559. The van der Waals surface area contributed by atoms with E-state index >= 15 is 0 Å². The molecule has 5 nitrogen and oxygen atoms in total. The van der Waals surface area contributed by atoms with Gasteiger partial charge in [-0.05, 0) is 30.7 Å². The molecule has 0 radical (unpaired) electrons. The largest absolute Gasteiger partial charge is 0.478 e. The predicted octanol–water partition coefficient (Wildman–Crippen LogP) is 3.05. The average Bonchev–Trinajstić information content (AvgIpc) is 2.48. The fraction of sp³-hybridized carbons (Fsp3) is 0.250. The van der Waals surface area contributed by atoms with Gasteiger partial charge in [-0.15, -0.1) is 0 Å². The Morgan fingerprint density at radius 1 is 1.14 bits per heavy atom. The van der Waals surface area contributed by atoms with Crippen molar-refractivity contribution < 1.29 is 9.53 Å². The maximum absolute atomic E-state index is 10.9. The quantitative estimate of drug-likeness (QED) is 0.856. The molecule has 0 spiro atoms. The van der Waals surface area contributed by atoms with Gasteiger partial charge in [0.05, 0.1) is 18.5 Å². The highest BCUT2D eigenvalue weighted by Crippen LogP contribution is 2.14. The Bertz CT molecular complexity index is 579. The van der Waals surface area contributed by atoms with Crippen LogP contribution in [0, 0.1) is 0 Å². The lowest BCUT2D eigenvalue weighted by Gasteiger charge is -2.08. The van der Waals surface area contributed by atoms with Crippen LogP contribution in [0.1, 0.15) is 19.4 Å². The fourth-order valence-corrected chi connectivity index (χ4v) is 1.83. The van der Waals surface area contributed by atoms with Gasteiger partial charge < -0.3 is 15.4 Å². The summed E-state index contributed by atoms with van der Waals surface area (Å²) >= 11 is 0. The van der Waals surface area contributed by atoms with Gasteiger partial charge in [0.1, 0.15) is 0 Å². The summed E-state index contributed by atoms with van der Waals surface area (Å²) in [6.45, 7) is 4.73. The summed E-state index contributed by atoms with van der Waals surface area (Å²) in [6.07, 6.45) is 1.75. The fourth-order valence-electron chi connectivity index (χ4n) is 1.83. The number of amides is 1. The van der Waals surface area contributed by atoms with Crippen molar-refractivity contribution in [1.82, 2.24) is 4.98 Å². The second-order valence-corrected chi connectivity index (χ2v) is 4.55. The molecule has 110 valence electrons. The number of ether oxygens (including phenoxy) is 1. The van der Waals surface area contributed by atoms with E-state index < -0.39 is 0 Å². The molecule has 1 amide bonds. The van der Waals surface area contributed by atoms with Gasteiger partial charge in [0.2, 0.25) is 11.8 Å². The minimum Gasteiger partial charge on any atom is -0.478 e.